The molecule has 0 saturated heterocycles. The van der Waals surface area contributed by atoms with Crippen LogP contribution in [0.15, 0.2) is 24.3 Å². The molecule has 5 heteroatoms. The van der Waals surface area contributed by atoms with E-state index in [1.54, 1.807) is 12.1 Å². The number of rotatable bonds is 72. The maximum absolute atomic E-state index is 10.7. The van der Waals surface area contributed by atoms with Gasteiger partial charge in [0, 0.05) is 0 Å². The van der Waals surface area contributed by atoms with E-state index in [4.69, 9.17) is 0 Å². The lowest BCUT2D eigenvalue weighted by molar-refractivity contribution is -0.655. The third-order valence-corrected chi connectivity index (χ3v) is 19.1. The summed E-state index contributed by atoms with van der Waals surface area (Å²) in [6, 6.07) is 7.20. The lowest BCUT2D eigenvalue weighted by Gasteiger charge is -2.26. The molecule has 0 aliphatic rings. The van der Waals surface area contributed by atoms with Gasteiger partial charge in [-0.15, -0.1) is 5.46 Å². The molecule has 4 N–H and O–H groups in total. The van der Waals surface area contributed by atoms with Crippen LogP contribution in [-0.4, -0.2) is 33.3 Å². The molecule has 1 aromatic rings. The number of quaternary nitrogens is 2. The van der Waals surface area contributed by atoms with Gasteiger partial charge in [0.1, 0.15) is 0 Å². The molecule has 0 unspecified atom stereocenters. The lowest BCUT2D eigenvalue weighted by Crippen LogP contribution is -2.84. The van der Waals surface area contributed by atoms with Crippen LogP contribution >= 0.6 is 0 Å². The van der Waals surface area contributed by atoms with Crippen LogP contribution in [0.4, 0.5) is 0 Å². The highest BCUT2D eigenvalue weighted by Gasteiger charge is 2.02. The molecule has 0 saturated carbocycles. The normalized spacial score (nSPS) is 11.3. The first kappa shape index (κ1) is 88.2. The third-order valence-electron chi connectivity index (χ3n) is 19.1. The first-order chi connectivity index (χ1) is 43.1. The Hall–Kier alpha value is -0.875. The fourth-order valence-electron chi connectivity index (χ4n) is 12.9. The van der Waals surface area contributed by atoms with Crippen molar-refractivity contribution in [2.45, 2.75) is 465 Å². The molecule has 0 spiro atoms. The summed E-state index contributed by atoms with van der Waals surface area (Å²) in [6.07, 6.45) is 96.6. The van der Waals surface area contributed by atoms with E-state index in [9.17, 15) is 10.0 Å². The van der Waals surface area contributed by atoms with Crippen LogP contribution in [0.2, 0.25) is 0 Å². The quantitative estimate of drug-likeness (QED) is 0.0503. The topological polar surface area (TPSA) is 79.3 Å². The van der Waals surface area contributed by atoms with Crippen LogP contribution in [-0.2, 0) is 6.42 Å². The first-order valence-corrected chi connectivity index (χ1v) is 41.1. The SMILES string of the molecule is CCCCCCCCCCCCCCCC[NH2+]CCCCCCCCCCCCCCCC.CCCCCCCCCCCCCCCC[NH2+]CCCCCCCCCCCCCCCC.CCCCCCCCCCCCc1ccc(B([O-])[O-])cc1. The van der Waals surface area contributed by atoms with Gasteiger partial charge < -0.3 is 20.7 Å². The highest BCUT2D eigenvalue weighted by molar-refractivity contribution is 6.55. The van der Waals surface area contributed by atoms with Crippen LogP contribution < -0.4 is 26.1 Å². The molecule has 87 heavy (non-hydrogen) atoms. The molecule has 0 atom stereocenters. The van der Waals surface area contributed by atoms with Crippen molar-refractivity contribution in [3.8, 4) is 0 Å². The second-order valence-corrected chi connectivity index (χ2v) is 28.1. The molecule has 0 heterocycles. The molecular weight excluding hydrogens is 1060 g/mol. The number of hydrogen-bond donors (Lipinski definition) is 2. The van der Waals surface area contributed by atoms with E-state index in [2.05, 4.69) is 45.3 Å². The predicted molar refractivity (Wildman–Crippen MR) is 392 cm³/mol. The number of nitrogens with two attached hydrogens (primary N) is 2. The average Bonchev–Trinajstić information content (AvgIpc) is 3.68. The van der Waals surface area contributed by atoms with Crippen molar-refractivity contribution in [3.05, 3.63) is 29.8 Å². The van der Waals surface area contributed by atoms with E-state index in [1.807, 2.05) is 12.1 Å². The van der Waals surface area contributed by atoms with Crippen molar-refractivity contribution in [1.29, 1.82) is 0 Å². The van der Waals surface area contributed by atoms with Crippen molar-refractivity contribution in [2.75, 3.05) is 26.2 Å². The number of hydrogen-bond acceptors (Lipinski definition) is 2. The van der Waals surface area contributed by atoms with E-state index in [-0.39, 0.29) is 0 Å². The Morgan fingerprint density at radius 2 is 0.356 bits per heavy atom. The third kappa shape index (κ3) is 81.2. The zero-order chi connectivity index (χ0) is 63.2. The van der Waals surface area contributed by atoms with Crippen LogP contribution in [0.5, 0.6) is 0 Å². The first-order valence-electron chi connectivity index (χ1n) is 41.1. The minimum Gasteiger partial charge on any atom is -0.889 e. The molecule has 0 bridgehead atoms. The fraction of sp³-hybridized carbons (Fsp3) is 0.927. The minimum atomic E-state index is -1.85. The van der Waals surface area contributed by atoms with Crippen molar-refractivity contribution in [2.24, 2.45) is 0 Å². The van der Waals surface area contributed by atoms with Crippen molar-refractivity contribution in [1.82, 2.24) is 0 Å². The summed E-state index contributed by atoms with van der Waals surface area (Å²) in [4.78, 5) is 0. The Bertz CT molecular complexity index is 1170. The summed E-state index contributed by atoms with van der Waals surface area (Å²) in [5, 5.41) is 26.6. The van der Waals surface area contributed by atoms with Gasteiger partial charge in [0.05, 0.1) is 26.2 Å². The number of unbranched alkanes of at least 4 members (excludes halogenated alkanes) is 61. The second-order valence-electron chi connectivity index (χ2n) is 28.1. The lowest BCUT2D eigenvalue weighted by atomic mass is 9.80. The zero-order valence-corrected chi connectivity index (χ0v) is 61.1. The van der Waals surface area contributed by atoms with Gasteiger partial charge in [-0.3, -0.25) is 0 Å². The van der Waals surface area contributed by atoms with Crippen molar-refractivity contribution in [3.63, 3.8) is 0 Å². The Kier molecular flexibility index (Phi) is 84.3. The van der Waals surface area contributed by atoms with E-state index in [1.165, 1.54) is 456 Å². The van der Waals surface area contributed by atoms with E-state index in [0.717, 1.165) is 6.42 Å². The minimum absolute atomic E-state index is 0.349. The Morgan fingerprint density at radius 1 is 0.207 bits per heavy atom. The van der Waals surface area contributed by atoms with Gasteiger partial charge in [-0.25, -0.2) is 0 Å². The van der Waals surface area contributed by atoms with Crippen LogP contribution in [0.3, 0.4) is 0 Å². The summed E-state index contributed by atoms with van der Waals surface area (Å²) >= 11 is 0. The van der Waals surface area contributed by atoms with Crippen molar-refractivity contribution < 1.29 is 20.7 Å². The summed E-state index contributed by atoms with van der Waals surface area (Å²) < 4.78 is 0. The molecule has 0 aliphatic heterocycles. The molecule has 0 radical (unpaired) electrons. The van der Waals surface area contributed by atoms with Gasteiger partial charge in [0.15, 0.2) is 0 Å². The van der Waals surface area contributed by atoms with Crippen molar-refractivity contribution >= 4 is 12.6 Å². The molecule has 0 fully saturated rings. The molecule has 518 valence electrons. The maximum Gasteiger partial charge on any atom is 0.0755 e. The molecule has 0 amide bonds. The standard InChI is InChI=1S/2C32H67N.C18H29BO2/c2*1-3-5-7-9-11-13-15-17-19-21-23-25-27-29-31-33-32-30-28-26-24-22-20-18-16-14-12-10-8-6-4-2;1-2-3-4-5-6-7-8-9-10-11-12-17-13-15-18(16-14-17)19(20)21/h2*33H,3-32H2,1-2H3;13-16H,2-12H2,1H3/q;;-2/p+2. The predicted octanol–water partition coefficient (Wildman–Crippen LogP) is 23.6. The summed E-state index contributed by atoms with van der Waals surface area (Å²) in [6.45, 7) is 17.0. The van der Waals surface area contributed by atoms with E-state index in [0.29, 0.717) is 5.46 Å². The molecule has 0 aromatic heterocycles. The Labute approximate surface area is 551 Å². The highest BCUT2D eigenvalue weighted by atomic mass is 16.4. The summed E-state index contributed by atoms with van der Waals surface area (Å²) in [5.41, 5.74) is 1.58. The molecular formula is C82H165BN2O2. The largest absolute Gasteiger partial charge is 0.889 e. The molecule has 0 aliphatic carbocycles. The monoisotopic (exact) mass is 1220 g/mol. The van der Waals surface area contributed by atoms with Gasteiger partial charge >= 0.3 is 0 Å². The zero-order valence-electron chi connectivity index (χ0n) is 61.1. The maximum atomic E-state index is 10.7. The Morgan fingerprint density at radius 3 is 0.517 bits per heavy atom. The summed E-state index contributed by atoms with van der Waals surface area (Å²) in [5.74, 6) is 0. The molecule has 4 nitrogen and oxygen atoms in total. The van der Waals surface area contributed by atoms with Gasteiger partial charge in [0.25, 0.3) is 0 Å². The fourth-order valence-corrected chi connectivity index (χ4v) is 12.9. The Balaban J connectivity index is 0. The smallest absolute Gasteiger partial charge is 0.0755 e. The molecule has 1 rings (SSSR count). The summed E-state index contributed by atoms with van der Waals surface area (Å²) in [7, 11) is -1.85. The van der Waals surface area contributed by atoms with Gasteiger partial charge in [0.2, 0.25) is 0 Å². The van der Waals surface area contributed by atoms with Gasteiger partial charge in [-0.1, -0.05) is 432 Å². The van der Waals surface area contributed by atoms with Crippen LogP contribution in [0.25, 0.3) is 0 Å². The molecule has 1 aromatic carbocycles. The average molecular weight is 1220 g/mol. The van der Waals surface area contributed by atoms with Crippen LogP contribution in [0, 0.1) is 0 Å². The van der Waals surface area contributed by atoms with E-state index >= 15 is 0 Å². The van der Waals surface area contributed by atoms with Gasteiger partial charge in [-0.2, -0.15) is 0 Å². The number of benzene rings is 1. The number of aryl methyl sites for hydroxylation is 1. The van der Waals surface area contributed by atoms with E-state index < -0.39 is 7.12 Å². The second kappa shape index (κ2) is 83.1. The van der Waals surface area contributed by atoms with Crippen LogP contribution in [0.1, 0.15) is 464 Å². The highest BCUT2D eigenvalue weighted by Crippen LogP contribution is 2.18. The van der Waals surface area contributed by atoms with Gasteiger partial charge in [-0.05, 0) is 69.8 Å².